The van der Waals surface area contributed by atoms with Gasteiger partial charge in [0.2, 0.25) is 0 Å². The van der Waals surface area contributed by atoms with Gasteiger partial charge in [-0.3, -0.25) is 4.79 Å². The van der Waals surface area contributed by atoms with Crippen LogP contribution < -0.4 is 11.1 Å². The molecule has 0 atom stereocenters. The minimum absolute atomic E-state index is 0.0486. The topological polar surface area (TPSA) is 55.1 Å². The fourth-order valence-corrected chi connectivity index (χ4v) is 2.52. The van der Waals surface area contributed by atoms with Gasteiger partial charge in [0.05, 0.1) is 10.6 Å². The summed E-state index contributed by atoms with van der Waals surface area (Å²) in [6.45, 7) is 8.99. The van der Waals surface area contributed by atoms with Crippen molar-refractivity contribution >= 4 is 22.2 Å². The number of carbonyl (C=O) groups excluding carboxylic acids is 1. The number of nitrogens with two attached hydrogens (primary N) is 1. The first-order valence-corrected chi connectivity index (χ1v) is 6.41. The zero-order valence-corrected chi connectivity index (χ0v) is 11.2. The first-order valence-electron chi connectivity index (χ1n) is 5.53. The summed E-state index contributed by atoms with van der Waals surface area (Å²) in [7, 11) is 0. The molecule has 0 spiro atoms. The van der Waals surface area contributed by atoms with Crippen LogP contribution in [0.1, 0.15) is 50.0 Å². The number of amides is 1. The van der Waals surface area contributed by atoms with Crippen molar-refractivity contribution < 1.29 is 4.79 Å². The van der Waals surface area contributed by atoms with Gasteiger partial charge in [0.15, 0.2) is 0 Å². The molecule has 16 heavy (non-hydrogen) atoms. The lowest BCUT2D eigenvalue weighted by Gasteiger charge is -2.19. The third-order valence-electron chi connectivity index (χ3n) is 2.39. The zero-order chi connectivity index (χ0) is 12.3. The van der Waals surface area contributed by atoms with Gasteiger partial charge in [0.1, 0.15) is 0 Å². The lowest BCUT2D eigenvalue weighted by Crippen LogP contribution is -2.27. The van der Waals surface area contributed by atoms with E-state index in [-0.39, 0.29) is 11.3 Å². The standard InChI is InChI=1S/C12H20N2OS/c1-5-6-14-11(15)9-8(12(2,3)4)7-16-10(9)13/h7H,5-6,13H2,1-4H3,(H,14,15). The maximum absolute atomic E-state index is 12.0. The second-order valence-corrected chi connectivity index (χ2v) is 5.81. The Labute approximate surface area is 101 Å². The number of anilines is 1. The summed E-state index contributed by atoms with van der Waals surface area (Å²) in [6.07, 6.45) is 0.931. The van der Waals surface area contributed by atoms with Crippen molar-refractivity contribution in [2.45, 2.75) is 39.5 Å². The van der Waals surface area contributed by atoms with Crippen molar-refractivity contribution in [2.24, 2.45) is 0 Å². The predicted molar refractivity (Wildman–Crippen MR) is 70.1 cm³/mol. The zero-order valence-electron chi connectivity index (χ0n) is 10.4. The Morgan fingerprint density at radius 3 is 2.62 bits per heavy atom. The average molecular weight is 240 g/mol. The van der Waals surface area contributed by atoms with E-state index in [1.807, 2.05) is 12.3 Å². The van der Waals surface area contributed by atoms with Crippen molar-refractivity contribution in [1.82, 2.24) is 5.32 Å². The highest BCUT2D eigenvalue weighted by Crippen LogP contribution is 2.34. The van der Waals surface area contributed by atoms with Crippen LogP contribution in [0.2, 0.25) is 0 Å². The van der Waals surface area contributed by atoms with Crippen molar-refractivity contribution in [3.63, 3.8) is 0 Å². The molecule has 0 aliphatic carbocycles. The molecule has 1 amide bonds. The lowest BCUT2D eigenvalue weighted by molar-refractivity contribution is 0.0953. The number of hydrogen-bond donors (Lipinski definition) is 2. The first-order chi connectivity index (χ1) is 7.38. The Bertz CT molecular complexity index is 377. The summed E-state index contributed by atoms with van der Waals surface area (Å²) in [5.41, 5.74) is 7.51. The first kappa shape index (κ1) is 13.0. The highest BCUT2D eigenvalue weighted by molar-refractivity contribution is 7.14. The van der Waals surface area contributed by atoms with E-state index < -0.39 is 0 Å². The van der Waals surface area contributed by atoms with Crippen LogP contribution in [-0.4, -0.2) is 12.5 Å². The van der Waals surface area contributed by atoms with Gasteiger partial charge in [-0.25, -0.2) is 0 Å². The van der Waals surface area contributed by atoms with Crippen molar-refractivity contribution in [3.8, 4) is 0 Å². The number of hydrogen-bond acceptors (Lipinski definition) is 3. The summed E-state index contributed by atoms with van der Waals surface area (Å²) in [6, 6.07) is 0. The highest BCUT2D eigenvalue weighted by Gasteiger charge is 2.25. The summed E-state index contributed by atoms with van der Waals surface area (Å²) in [5, 5.41) is 5.47. The van der Waals surface area contributed by atoms with Gasteiger partial charge in [0, 0.05) is 6.54 Å². The molecule has 0 saturated heterocycles. The molecule has 3 nitrogen and oxygen atoms in total. The monoisotopic (exact) mass is 240 g/mol. The molecular formula is C12H20N2OS. The molecule has 90 valence electrons. The smallest absolute Gasteiger partial charge is 0.254 e. The van der Waals surface area contributed by atoms with E-state index >= 15 is 0 Å². The molecule has 1 aromatic heterocycles. The third kappa shape index (κ3) is 2.76. The highest BCUT2D eigenvalue weighted by atomic mass is 32.1. The van der Waals surface area contributed by atoms with Crippen LogP contribution in [0.15, 0.2) is 5.38 Å². The van der Waals surface area contributed by atoms with E-state index in [0.717, 1.165) is 12.0 Å². The van der Waals surface area contributed by atoms with Crippen LogP contribution in [0.4, 0.5) is 5.00 Å². The summed E-state index contributed by atoms with van der Waals surface area (Å²) in [5.74, 6) is -0.0504. The van der Waals surface area contributed by atoms with Crippen LogP contribution in [-0.2, 0) is 5.41 Å². The number of rotatable bonds is 3. The van der Waals surface area contributed by atoms with Crippen LogP contribution in [0.5, 0.6) is 0 Å². The summed E-state index contributed by atoms with van der Waals surface area (Å²) < 4.78 is 0. The van der Waals surface area contributed by atoms with Gasteiger partial charge >= 0.3 is 0 Å². The Hall–Kier alpha value is -1.03. The second kappa shape index (κ2) is 4.87. The van der Waals surface area contributed by atoms with Crippen LogP contribution >= 0.6 is 11.3 Å². The summed E-state index contributed by atoms with van der Waals surface area (Å²) >= 11 is 1.44. The van der Waals surface area contributed by atoms with E-state index in [9.17, 15) is 4.79 Å². The van der Waals surface area contributed by atoms with Gasteiger partial charge in [-0.15, -0.1) is 11.3 Å². The Morgan fingerprint density at radius 2 is 2.12 bits per heavy atom. The normalized spacial score (nSPS) is 11.5. The van der Waals surface area contributed by atoms with E-state index in [1.165, 1.54) is 11.3 Å². The molecule has 0 radical (unpaired) electrons. The Morgan fingerprint density at radius 1 is 1.50 bits per heavy atom. The van der Waals surface area contributed by atoms with Gasteiger partial charge < -0.3 is 11.1 Å². The lowest BCUT2D eigenvalue weighted by atomic mass is 9.86. The molecule has 1 aromatic rings. The molecule has 0 bridgehead atoms. The minimum Gasteiger partial charge on any atom is -0.390 e. The molecular weight excluding hydrogens is 220 g/mol. The van der Waals surface area contributed by atoms with Crippen molar-refractivity contribution in [1.29, 1.82) is 0 Å². The van der Waals surface area contributed by atoms with Gasteiger partial charge in [-0.05, 0) is 22.8 Å². The largest absolute Gasteiger partial charge is 0.390 e. The number of carbonyl (C=O) groups is 1. The number of nitrogen functional groups attached to an aromatic ring is 1. The van der Waals surface area contributed by atoms with Crippen LogP contribution in [0.3, 0.4) is 0 Å². The van der Waals surface area contributed by atoms with Gasteiger partial charge in [-0.1, -0.05) is 27.7 Å². The number of thiophene rings is 1. The molecule has 1 heterocycles. The van der Waals surface area contributed by atoms with E-state index in [1.54, 1.807) is 0 Å². The maximum atomic E-state index is 12.0. The van der Waals surface area contributed by atoms with Gasteiger partial charge in [-0.2, -0.15) is 0 Å². The van der Waals surface area contributed by atoms with Crippen molar-refractivity contribution in [3.05, 3.63) is 16.5 Å². The predicted octanol–water partition coefficient (Wildman–Crippen LogP) is 2.77. The van der Waals surface area contributed by atoms with Crippen LogP contribution in [0, 0.1) is 0 Å². The quantitative estimate of drug-likeness (QED) is 0.853. The Balaban J connectivity index is 3.02. The van der Waals surface area contributed by atoms with E-state index in [0.29, 0.717) is 17.1 Å². The molecule has 4 heteroatoms. The fraction of sp³-hybridized carbons (Fsp3) is 0.583. The fourth-order valence-electron chi connectivity index (χ4n) is 1.49. The molecule has 0 saturated carbocycles. The molecule has 0 fully saturated rings. The molecule has 0 unspecified atom stereocenters. The second-order valence-electron chi connectivity index (χ2n) is 4.89. The molecule has 3 N–H and O–H groups in total. The minimum atomic E-state index is -0.0504. The molecule has 1 rings (SSSR count). The Kier molecular flexibility index (Phi) is 3.97. The molecule has 0 aliphatic heterocycles. The molecule has 0 aromatic carbocycles. The average Bonchev–Trinajstić information content (AvgIpc) is 2.56. The summed E-state index contributed by atoms with van der Waals surface area (Å²) in [4.78, 5) is 12.0. The van der Waals surface area contributed by atoms with Crippen molar-refractivity contribution in [2.75, 3.05) is 12.3 Å². The number of nitrogens with one attached hydrogen (secondary N) is 1. The SMILES string of the molecule is CCCNC(=O)c1c(C(C)(C)C)csc1N. The maximum Gasteiger partial charge on any atom is 0.254 e. The molecule has 0 aliphatic rings. The van der Waals surface area contributed by atoms with E-state index in [2.05, 4.69) is 26.1 Å². The van der Waals surface area contributed by atoms with Gasteiger partial charge in [0.25, 0.3) is 5.91 Å². The third-order valence-corrected chi connectivity index (χ3v) is 3.20. The van der Waals surface area contributed by atoms with E-state index in [4.69, 9.17) is 5.73 Å². The van der Waals surface area contributed by atoms with Crippen LogP contribution in [0.25, 0.3) is 0 Å².